The molecular weight excluding hydrogens is 400 g/mol. The smallest absolute Gasteiger partial charge is 0.274 e. The number of nitrogens with zero attached hydrogens (tertiary/aromatic N) is 2. The van der Waals surface area contributed by atoms with Gasteiger partial charge in [-0.2, -0.15) is 0 Å². The Bertz CT molecular complexity index is 1240. The first kappa shape index (κ1) is 19.4. The number of thiol groups is 1. The van der Waals surface area contributed by atoms with E-state index in [1.165, 1.54) is 24.9 Å². The van der Waals surface area contributed by atoms with Gasteiger partial charge in [0.2, 0.25) is 10.9 Å². The predicted octanol–water partition coefficient (Wildman–Crippen LogP) is 2.18. The summed E-state index contributed by atoms with van der Waals surface area (Å²) in [5, 5.41) is 0.914. The van der Waals surface area contributed by atoms with Gasteiger partial charge < -0.3 is 14.5 Å². The summed E-state index contributed by atoms with van der Waals surface area (Å²) in [4.78, 5) is 18.1. The zero-order valence-corrected chi connectivity index (χ0v) is 17.9. The molecule has 1 spiro atoms. The minimum atomic E-state index is -2.59. The fourth-order valence-corrected chi connectivity index (χ4v) is 5.03. The van der Waals surface area contributed by atoms with Crippen molar-refractivity contribution in [2.45, 2.75) is 25.7 Å². The zero-order valence-electron chi connectivity index (χ0n) is 17.0. The summed E-state index contributed by atoms with van der Waals surface area (Å²) in [6.07, 6.45) is 8.21. The first-order valence-electron chi connectivity index (χ1n) is 10.4. The van der Waals surface area contributed by atoms with Crippen molar-refractivity contribution >= 4 is 27.5 Å². The van der Waals surface area contributed by atoms with Crippen molar-refractivity contribution in [3.05, 3.63) is 52.6 Å². The Hall–Kier alpha value is -2.58. The number of aryl methyl sites for hydroxylation is 1. The van der Waals surface area contributed by atoms with E-state index in [0.717, 1.165) is 35.2 Å². The van der Waals surface area contributed by atoms with E-state index in [9.17, 15) is 13.2 Å². The van der Waals surface area contributed by atoms with Crippen molar-refractivity contribution in [1.29, 1.82) is 0 Å². The number of hydrogen-bond acceptors (Lipinski definition) is 4. The monoisotopic (exact) mass is 426 g/mol. The molecule has 1 saturated carbocycles. The predicted molar refractivity (Wildman–Crippen MR) is 119 cm³/mol. The van der Waals surface area contributed by atoms with Crippen LogP contribution in [0.25, 0.3) is 22.0 Å². The number of aromatic nitrogens is 2. The van der Waals surface area contributed by atoms with Crippen LogP contribution in [0.15, 0.2) is 41.5 Å². The Labute approximate surface area is 176 Å². The van der Waals surface area contributed by atoms with Crippen LogP contribution in [0.5, 0.6) is 0 Å². The zero-order chi connectivity index (χ0) is 20.9. The second-order valence-electron chi connectivity index (χ2n) is 8.66. The molecule has 2 N–H and O–H groups in total. The number of pyridine rings is 1. The summed E-state index contributed by atoms with van der Waals surface area (Å²) < 4.78 is 25.8. The SMILES string of the molecule is Cn1cc(-c2cc(CCN[SH](=O)=O)ccc2N2CCC3(CC3)C2)c2cc[nH]c2c1=O. The minimum Gasteiger partial charge on any atom is -0.370 e. The minimum absolute atomic E-state index is 0.0435. The van der Waals surface area contributed by atoms with E-state index in [2.05, 4.69) is 32.8 Å². The van der Waals surface area contributed by atoms with E-state index in [4.69, 9.17) is 0 Å². The van der Waals surface area contributed by atoms with Gasteiger partial charge in [-0.25, -0.2) is 13.1 Å². The third kappa shape index (κ3) is 3.44. The van der Waals surface area contributed by atoms with Gasteiger partial charge in [-0.3, -0.25) is 4.79 Å². The molecule has 0 atom stereocenters. The lowest BCUT2D eigenvalue weighted by molar-refractivity contribution is 0.581. The second-order valence-corrected chi connectivity index (χ2v) is 9.49. The van der Waals surface area contributed by atoms with Crippen molar-refractivity contribution in [3.8, 4) is 11.1 Å². The number of fused-ring (bicyclic) bond motifs is 1. The summed E-state index contributed by atoms with van der Waals surface area (Å²) >= 11 is 0. The summed E-state index contributed by atoms with van der Waals surface area (Å²) in [5.74, 6) is 0. The van der Waals surface area contributed by atoms with Crippen molar-refractivity contribution in [2.75, 3.05) is 24.5 Å². The molecule has 1 saturated heterocycles. The lowest BCUT2D eigenvalue weighted by atomic mass is 9.97. The molecule has 2 aromatic heterocycles. The number of rotatable bonds is 6. The van der Waals surface area contributed by atoms with Gasteiger partial charge in [-0.15, -0.1) is 0 Å². The van der Waals surface area contributed by atoms with Crippen LogP contribution < -0.4 is 15.2 Å². The molecule has 1 aliphatic heterocycles. The average Bonchev–Trinajstić information content (AvgIpc) is 3.12. The molecule has 3 aromatic rings. The highest BCUT2D eigenvalue weighted by molar-refractivity contribution is 7.70. The summed E-state index contributed by atoms with van der Waals surface area (Å²) in [6.45, 7) is 2.50. The summed E-state index contributed by atoms with van der Waals surface area (Å²) in [5.41, 5.74) is 5.44. The van der Waals surface area contributed by atoms with Crippen LogP contribution in [0, 0.1) is 5.41 Å². The van der Waals surface area contributed by atoms with Gasteiger partial charge in [0.1, 0.15) is 5.52 Å². The van der Waals surface area contributed by atoms with E-state index < -0.39 is 10.9 Å². The Balaban J connectivity index is 1.61. The first-order chi connectivity index (χ1) is 14.5. The molecule has 0 amide bonds. The number of aromatic amines is 1. The maximum Gasteiger partial charge on any atom is 0.274 e. The second kappa shape index (κ2) is 7.28. The quantitative estimate of drug-likeness (QED) is 0.528. The maximum absolute atomic E-state index is 12.5. The van der Waals surface area contributed by atoms with Crippen LogP contribution in [-0.4, -0.2) is 37.6 Å². The van der Waals surface area contributed by atoms with Gasteiger partial charge in [0.05, 0.1) is 0 Å². The Morgan fingerprint density at radius 1 is 1.17 bits per heavy atom. The third-order valence-electron chi connectivity index (χ3n) is 6.64. The van der Waals surface area contributed by atoms with E-state index in [1.54, 1.807) is 11.6 Å². The topological polar surface area (TPSA) is 87.2 Å². The largest absolute Gasteiger partial charge is 0.370 e. The number of benzene rings is 1. The Kier molecular flexibility index (Phi) is 4.71. The molecule has 7 nitrogen and oxygen atoms in total. The van der Waals surface area contributed by atoms with E-state index in [1.807, 2.05) is 18.5 Å². The number of anilines is 1. The van der Waals surface area contributed by atoms with Gasteiger partial charge in [0, 0.05) is 61.3 Å². The molecule has 0 unspecified atom stereocenters. The van der Waals surface area contributed by atoms with Gasteiger partial charge in [-0.1, -0.05) is 6.07 Å². The van der Waals surface area contributed by atoms with Crippen molar-refractivity contribution < 1.29 is 8.42 Å². The number of nitrogens with one attached hydrogen (secondary N) is 2. The highest BCUT2D eigenvalue weighted by Gasteiger charge is 2.48. The Morgan fingerprint density at radius 2 is 2.00 bits per heavy atom. The lowest BCUT2D eigenvalue weighted by Gasteiger charge is -2.24. The highest BCUT2D eigenvalue weighted by atomic mass is 32.2. The van der Waals surface area contributed by atoms with Crippen LogP contribution in [0.4, 0.5) is 5.69 Å². The van der Waals surface area contributed by atoms with Crippen molar-refractivity contribution in [2.24, 2.45) is 12.5 Å². The van der Waals surface area contributed by atoms with E-state index in [-0.39, 0.29) is 5.56 Å². The van der Waals surface area contributed by atoms with Gasteiger partial charge >= 0.3 is 0 Å². The molecule has 2 aliphatic rings. The van der Waals surface area contributed by atoms with Crippen LogP contribution in [0.3, 0.4) is 0 Å². The molecule has 5 rings (SSSR count). The van der Waals surface area contributed by atoms with Crippen molar-refractivity contribution in [1.82, 2.24) is 14.3 Å². The molecule has 1 aromatic carbocycles. The molecule has 2 fully saturated rings. The molecule has 3 heterocycles. The highest BCUT2D eigenvalue weighted by Crippen LogP contribution is 2.54. The average molecular weight is 427 g/mol. The van der Waals surface area contributed by atoms with Gasteiger partial charge in [0.25, 0.3) is 5.56 Å². The fourth-order valence-electron chi connectivity index (χ4n) is 4.73. The molecule has 8 heteroatoms. The Morgan fingerprint density at radius 3 is 2.73 bits per heavy atom. The van der Waals surface area contributed by atoms with Gasteiger partial charge in [-0.05, 0) is 54.9 Å². The lowest BCUT2D eigenvalue weighted by Crippen LogP contribution is -2.21. The molecule has 0 radical (unpaired) electrons. The summed E-state index contributed by atoms with van der Waals surface area (Å²) in [7, 11) is -0.814. The van der Waals surface area contributed by atoms with Crippen LogP contribution in [0.2, 0.25) is 0 Å². The van der Waals surface area contributed by atoms with Gasteiger partial charge in [0.15, 0.2) is 0 Å². The molecular formula is C22H26N4O3S. The first-order valence-corrected chi connectivity index (χ1v) is 11.6. The van der Waals surface area contributed by atoms with Crippen molar-refractivity contribution in [3.63, 3.8) is 0 Å². The normalized spacial score (nSPS) is 17.5. The number of H-pyrrole nitrogens is 1. The molecule has 158 valence electrons. The molecule has 0 bridgehead atoms. The third-order valence-corrected chi connectivity index (χ3v) is 7.12. The van der Waals surface area contributed by atoms with Crippen LogP contribution in [-0.2, 0) is 24.4 Å². The maximum atomic E-state index is 12.5. The molecule has 1 aliphatic carbocycles. The van der Waals surface area contributed by atoms with Crippen LogP contribution >= 0.6 is 0 Å². The summed E-state index contributed by atoms with van der Waals surface area (Å²) in [6, 6.07) is 8.36. The van der Waals surface area contributed by atoms with Crippen LogP contribution in [0.1, 0.15) is 24.8 Å². The molecule has 30 heavy (non-hydrogen) atoms. The fraction of sp³-hybridized carbons (Fsp3) is 0.409. The van der Waals surface area contributed by atoms with E-state index in [0.29, 0.717) is 23.9 Å². The van der Waals surface area contributed by atoms with E-state index >= 15 is 0 Å². The standard InChI is InChI=1S/C22H26N4O3S/c1-25-13-18(16-5-9-23-20(16)21(25)27)17-12-15(4-10-24-30(28)29)2-3-19(17)26-11-8-22(14-26)6-7-22/h2-3,5,9,12-13,23,30H,4,6-8,10-11,14H2,1H3,(H,24,28,29). The number of hydrogen-bond donors (Lipinski definition) is 3.